The van der Waals surface area contributed by atoms with Gasteiger partial charge in [0.25, 0.3) is 0 Å². The van der Waals surface area contributed by atoms with Crippen LogP contribution in [0.15, 0.2) is 83.0 Å². The number of ether oxygens (including phenoxy) is 2. The smallest absolute Gasteiger partial charge is 0.230 e. The van der Waals surface area contributed by atoms with Crippen molar-refractivity contribution >= 4 is 35.1 Å². The molecule has 0 aliphatic heterocycles. The van der Waals surface area contributed by atoms with E-state index in [1.165, 1.54) is 35.7 Å². The summed E-state index contributed by atoms with van der Waals surface area (Å²) < 4.78 is 11.1. The second kappa shape index (κ2) is 13.7. The summed E-state index contributed by atoms with van der Waals surface area (Å²) in [7, 11) is 0. The maximum atomic E-state index is 12.4. The molecule has 0 amide bonds. The standard InChI is InChI=1S/C24H26O4S2/c1-3-27-23(29-17-19-11-7-5-8-12-19)15-21(25)22(26)16-24(28-4-2)30-18-20-13-9-6-10-14-20/h5-16H,3-4,17-18H2,1-2H3/b23-15-,24-16-. The van der Waals surface area contributed by atoms with Gasteiger partial charge in [0.1, 0.15) is 0 Å². The molecule has 0 spiro atoms. The topological polar surface area (TPSA) is 52.6 Å². The van der Waals surface area contributed by atoms with E-state index < -0.39 is 11.6 Å². The van der Waals surface area contributed by atoms with Crippen LogP contribution in [-0.4, -0.2) is 24.8 Å². The minimum atomic E-state index is -0.628. The Labute approximate surface area is 186 Å². The summed E-state index contributed by atoms with van der Waals surface area (Å²) in [6.45, 7) is 4.52. The van der Waals surface area contributed by atoms with Crippen LogP contribution in [0, 0.1) is 0 Å². The van der Waals surface area contributed by atoms with Gasteiger partial charge in [0, 0.05) is 23.7 Å². The molecular formula is C24H26O4S2. The third-order valence-electron chi connectivity index (χ3n) is 3.76. The molecule has 4 nitrogen and oxygen atoms in total. The summed E-state index contributed by atoms with van der Waals surface area (Å²) in [5.41, 5.74) is 2.23. The van der Waals surface area contributed by atoms with Gasteiger partial charge in [-0.15, -0.1) is 0 Å². The molecule has 0 aromatic heterocycles. The number of benzene rings is 2. The Balaban J connectivity index is 2.01. The van der Waals surface area contributed by atoms with Gasteiger partial charge in [-0.25, -0.2) is 0 Å². The lowest BCUT2D eigenvalue weighted by Gasteiger charge is -2.09. The van der Waals surface area contributed by atoms with E-state index in [0.717, 1.165) is 11.1 Å². The average Bonchev–Trinajstić information content (AvgIpc) is 2.77. The third kappa shape index (κ3) is 8.93. The first-order valence-electron chi connectivity index (χ1n) is 9.73. The van der Waals surface area contributed by atoms with Crippen molar-refractivity contribution in [1.82, 2.24) is 0 Å². The van der Waals surface area contributed by atoms with Crippen molar-refractivity contribution in [3.8, 4) is 0 Å². The van der Waals surface area contributed by atoms with E-state index in [2.05, 4.69) is 0 Å². The molecule has 0 unspecified atom stereocenters. The Morgan fingerprint density at radius 3 is 1.40 bits per heavy atom. The highest BCUT2D eigenvalue weighted by Gasteiger charge is 2.14. The number of rotatable bonds is 13. The van der Waals surface area contributed by atoms with Gasteiger partial charge in [0.05, 0.1) is 13.2 Å². The number of carbonyl (C=O) groups is 2. The lowest BCUT2D eigenvalue weighted by atomic mass is 10.2. The summed E-state index contributed by atoms with van der Waals surface area (Å²) >= 11 is 2.78. The van der Waals surface area contributed by atoms with E-state index >= 15 is 0 Å². The fraction of sp³-hybridized carbons (Fsp3) is 0.250. The summed E-state index contributed by atoms with van der Waals surface area (Å²) in [5.74, 6) is 0.0513. The van der Waals surface area contributed by atoms with Crippen molar-refractivity contribution in [1.29, 1.82) is 0 Å². The van der Waals surface area contributed by atoms with Crippen molar-refractivity contribution in [2.45, 2.75) is 25.4 Å². The van der Waals surface area contributed by atoms with Gasteiger partial charge in [-0.1, -0.05) is 84.2 Å². The van der Waals surface area contributed by atoms with Gasteiger partial charge in [-0.3, -0.25) is 9.59 Å². The van der Waals surface area contributed by atoms with Crippen LogP contribution in [0.3, 0.4) is 0 Å². The molecule has 0 aliphatic rings. The number of thioether (sulfide) groups is 2. The van der Waals surface area contributed by atoms with E-state index in [0.29, 0.717) is 34.9 Å². The van der Waals surface area contributed by atoms with Gasteiger partial charge in [0.15, 0.2) is 10.2 Å². The molecule has 158 valence electrons. The normalized spacial score (nSPS) is 11.8. The second-order valence-electron chi connectivity index (χ2n) is 6.07. The molecule has 0 saturated carbocycles. The van der Waals surface area contributed by atoms with Crippen LogP contribution in [0.1, 0.15) is 25.0 Å². The Kier molecular flexibility index (Phi) is 10.9. The van der Waals surface area contributed by atoms with Crippen molar-refractivity contribution in [3.05, 3.63) is 94.1 Å². The molecule has 2 aromatic rings. The van der Waals surface area contributed by atoms with Gasteiger partial charge in [0.2, 0.25) is 11.6 Å². The predicted molar refractivity (Wildman–Crippen MR) is 125 cm³/mol. The molecule has 2 aromatic carbocycles. The quantitative estimate of drug-likeness (QED) is 0.224. The zero-order valence-corrected chi connectivity index (χ0v) is 18.8. The van der Waals surface area contributed by atoms with Crippen LogP contribution in [0.4, 0.5) is 0 Å². The molecule has 0 saturated heterocycles. The van der Waals surface area contributed by atoms with Crippen LogP contribution in [0.5, 0.6) is 0 Å². The Hall–Kier alpha value is -2.44. The van der Waals surface area contributed by atoms with E-state index in [1.807, 2.05) is 74.5 Å². The molecule has 0 N–H and O–H groups in total. The predicted octanol–water partition coefficient (Wildman–Crippen LogP) is 5.75. The average molecular weight is 443 g/mol. The van der Waals surface area contributed by atoms with Crippen LogP contribution in [0.25, 0.3) is 0 Å². The summed E-state index contributed by atoms with van der Waals surface area (Å²) in [4.78, 5) is 24.8. The summed E-state index contributed by atoms with van der Waals surface area (Å²) in [6.07, 6.45) is 2.53. The Bertz CT molecular complexity index is 788. The first-order chi connectivity index (χ1) is 14.6. The highest BCUT2D eigenvalue weighted by molar-refractivity contribution is 8.02. The van der Waals surface area contributed by atoms with Crippen LogP contribution in [0.2, 0.25) is 0 Å². The third-order valence-corrected chi connectivity index (χ3v) is 5.76. The fourth-order valence-electron chi connectivity index (χ4n) is 2.35. The maximum absolute atomic E-state index is 12.4. The number of hydrogen-bond donors (Lipinski definition) is 0. The molecule has 0 bridgehead atoms. The molecule has 0 aliphatic carbocycles. The zero-order valence-electron chi connectivity index (χ0n) is 17.2. The van der Waals surface area contributed by atoms with Crippen molar-refractivity contribution in [2.24, 2.45) is 0 Å². The molecule has 6 heteroatoms. The maximum Gasteiger partial charge on any atom is 0.230 e. The van der Waals surface area contributed by atoms with Crippen LogP contribution in [-0.2, 0) is 30.6 Å². The Morgan fingerprint density at radius 2 is 1.07 bits per heavy atom. The first kappa shape index (κ1) is 23.8. The van der Waals surface area contributed by atoms with Gasteiger partial charge in [-0.2, -0.15) is 0 Å². The lowest BCUT2D eigenvalue weighted by molar-refractivity contribution is -0.131. The van der Waals surface area contributed by atoms with Crippen LogP contribution >= 0.6 is 23.5 Å². The van der Waals surface area contributed by atoms with E-state index in [4.69, 9.17) is 9.47 Å². The lowest BCUT2D eigenvalue weighted by Crippen LogP contribution is -2.10. The fourth-order valence-corrected chi connectivity index (χ4v) is 4.13. The highest BCUT2D eigenvalue weighted by Crippen LogP contribution is 2.24. The SMILES string of the molecule is CCO/C(=C/C(=O)C(=O)/C=C(/OCC)SCc1ccccc1)SCc1ccccc1. The molecular weight excluding hydrogens is 416 g/mol. The number of hydrogen-bond acceptors (Lipinski definition) is 6. The van der Waals surface area contributed by atoms with Gasteiger partial charge in [-0.05, 0) is 25.0 Å². The second-order valence-corrected chi connectivity index (χ2v) is 8.03. The molecule has 0 atom stereocenters. The number of carbonyl (C=O) groups excluding carboxylic acids is 2. The largest absolute Gasteiger partial charge is 0.488 e. The number of ketones is 2. The Morgan fingerprint density at radius 1 is 0.700 bits per heavy atom. The van der Waals surface area contributed by atoms with E-state index in [-0.39, 0.29) is 0 Å². The monoisotopic (exact) mass is 442 g/mol. The minimum absolute atomic E-state index is 0.419. The number of allylic oxidation sites excluding steroid dienone is 2. The van der Waals surface area contributed by atoms with Crippen molar-refractivity contribution in [3.63, 3.8) is 0 Å². The van der Waals surface area contributed by atoms with E-state index in [9.17, 15) is 9.59 Å². The minimum Gasteiger partial charge on any atom is -0.488 e. The molecule has 30 heavy (non-hydrogen) atoms. The summed E-state index contributed by atoms with van der Waals surface area (Å²) in [5, 5.41) is 0.867. The van der Waals surface area contributed by atoms with Crippen molar-refractivity contribution in [2.75, 3.05) is 13.2 Å². The van der Waals surface area contributed by atoms with E-state index in [1.54, 1.807) is 0 Å². The highest BCUT2D eigenvalue weighted by atomic mass is 32.2. The molecule has 0 radical (unpaired) electrons. The molecule has 0 fully saturated rings. The molecule has 0 heterocycles. The van der Waals surface area contributed by atoms with Gasteiger partial charge < -0.3 is 9.47 Å². The summed E-state index contributed by atoms with van der Waals surface area (Å²) in [6, 6.07) is 19.8. The van der Waals surface area contributed by atoms with Gasteiger partial charge >= 0.3 is 0 Å². The first-order valence-corrected chi connectivity index (χ1v) is 11.7. The van der Waals surface area contributed by atoms with Crippen molar-refractivity contribution < 1.29 is 19.1 Å². The van der Waals surface area contributed by atoms with Crippen LogP contribution < -0.4 is 0 Å². The zero-order chi connectivity index (χ0) is 21.6. The molecule has 2 rings (SSSR count).